The van der Waals surface area contributed by atoms with Gasteiger partial charge in [0.15, 0.2) is 0 Å². The van der Waals surface area contributed by atoms with Crippen molar-refractivity contribution in [1.29, 1.82) is 0 Å². The lowest BCUT2D eigenvalue weighted by molar-refractivity contribution is 0.0759. The van der Waals surface area contributed by atoms with Crippen molar-refractivity contribution < 1.29 is 4.79 Å². The molecule has 5 nitrogen and oxygen atoms in total. The molecule has 0 saturated carbocycles. The van der Waals surface area contributed by atoms with Gasteiger partial charge in [-0.05, 0) is 57.1 Å². The Hall–Kier alpha value is -1.74. The summed E-state index contributed by atoms with van der Waals surface area (Å²) < 4.78 is 3.63. The van der Waals surface area contributed by atoms with E-state index in [1.54, 1.807) is 23.4 Å². The second kappa shape index (κ2) is 7.65. The zero-order valence-electron chi connectivity index (χ0n) is 13.6. The Kier molecular flexibility index (Phi) is 5.53. The summed E-state index contributed by atoms with van der Waals surface area (Å²) in [6.07, 6.45) is 8.97. The normalized spacial score (nSPS) is 10.8. The number of hydrogen-bond donors (Lipinski definition) is 0. The van der Waals surface area contributed by atoms with E-state index in [-0.39, 0.29) is 5.91 Å². The summed E-state index contributed by atoms with van der Waals surface area (Å²) in [6.45, 7) is 6.65. The van der Waals surface area contributed by atoms with Crippen molar-refractivity contribution in [2.75, 3.05) is 6.54 Å². The molecular formula is C18H16BrIN4O. The zero-order valence-corrected chi connectivity index (χ0v) is 17.4. The fourth-order valence-corrected chi connectivity index (χ4v) is 3.38. The predicted molar refractivity (Wildman–Crippen MR) is 110 cm³/mol. The topological polar surface area (TPSA) is 50.5 Å². The number of fused-ring (bicyclic) bond motifs is 1. The highest BCUT2D eigenvalue weighted by molar-refractivity contribution is 14.1. The first-order chi connectivity index (χ1) is 12.0. The number of imidazole rings is 1. The van der Waals surface area contributed by atoms with Crippen molar-refractivity contribution in [2.45, 2.75) is 13.5 Å². The second-order valence-corrected chi connectivity index (χ2v) is 7.59. The van der Waals surface area contributed by atoms with E-state index >= 15 is 0 Å². The van der Waals surface area contributed by atoms with Crippen molar-refractivity contribution in [2.24, 2.45) is 0 Å². The maximum atomic E-state index is 13.0. The molecular weight excluding hydrogens is 495 g/mol. The van der Waals surface area contributed by atoms with Crippen LogP contribution in [0, 0.1) is 10.5 Å². The zero-order chi connectivity index (χ0) is 18.0. The maximum absolute atomic E-state index is 13.0. The molecule has 0 N–H and O–H groups in total. The van der Waals surface area contributed by atoms with Gasteiger partial charge >= 0.3 is 0 Å². The number of halogens is 2. The average Bonchev–Trinajstić information content (AvgIpc) is 2.98. The van der Waals surface area contributed by atoms with E-state index in [0.29, 0.717) is 18.7 Å². The van der Waals surface area contributed by atoms with Gasteiger partial charge in [0, 0.05) is 39.4 Å². The Morgan fingerprint density at radius 3 is 2.96 bits per heavy atom. The highest BCUT2D eigenvalue weighted by atomic mass is 127. The first kappa shape index (κ1) is 18.1. The van der Waals surface area contributed by atoms with Gasteiger partial charge in [-0.3, -0.25) is 9.78 Å². The molecule has 3 rings (SSSR count). The van der Waals surface area contributed by atoms with E-state index in [9.17, 15) is 4.79 Å². The number of carbonyl (C=O) groups excluding carboxylic acids is 1. The highest BCUT2D eigenvalue weighted by Crippen LogP contribution is 2.23. The molecule has 0 aliphatic carbocycles. The van der Waals surface area contributed by atoms with Crippen LogP contribution in [0.5, 0.6) is 0 Å². The van der Waals surface area contributed by atoms with Crippen molar-refractivity contribution >= 4 is 50.1 Å². The van der Waals surface area contributed by atoms with Crippen molar-refractivity contribution in [1.82, 2.24) is 19.3 Å². The number of amides is 1. The highest BCUT2D eigenvalue weighted by Gasteiger charge is 2.20. The number of pyridine rings is 2. The van der Waals surface area contributed by atoms with Crippen LogP contribution in [-0.4, -0.2) is 31.7 Å². The Morgan fingerprint density at radius 1 is 1.40 bits per heavy atom. The van der Waals surface area contributed by atoms with Crippen LogP contribution in [0.4, 0.5) is 0 Å². The maximum Gasteiger partial charge on any atom is 0.257 e. The lowest BCUT2D eigenvalue weighted by atomic mass is 10.2. The van der Waals surface area contributed by atoms with Gasteiger partial charge < -0.3 is 9.30 Å². The van der Waals surface area contributed by atoms with Gasteiger partial charge in [0.1, 0.15) is 5.65 Å². The summed E-state index contributed by atoms with van der Waals surface area (Å²) in [5, 5.41) is 0. The number of aryl methyl sites for hydroxylation is 1. The predicted octanol–water partition coefficient (Wildman–Crippen LogP) is 4.23. The van der Waals surface area contributed by atoms with Crippen molar-refractivity contribution in [3.63, 3.8) is 0 Å². The molecule has 1 amide bonds. The fourth-order valence-electron chi connectivity index (χ4n) is 2.54. The third-order valence-electron chi connectivity index (χ3n) is 3.71. The number of nitrogens with zero attached hydrogens (tertiary/aromatic N) is 4. The first-order valence-corrected chi connectivity index (χ1v) is 9.50. The van der Waals surface area contributed by atoms with Gasteiger partial charge in [0.2, 0.25) is 0 Å². The standard InChI is InChI=1S/C18H16BrIN4O/c1-3-6-23(18(25)14-7-21-8-15(19)17(14)20)10-13-11-24-9-12(2)4-5-16(24)22-13/h3-5,7-9,11H,1,6,10H2,2H3. The van der Waals surface area contributed by atoms with Gasteiger partial charge in [-0.2, -0.15) is 0 Å². The van der Waals surface area contributed by atoms with E-state index < -0.39 is 0 Å². The van der Waals surface area contributed by atoms with Crippen LogP contribution < -0.4 is 0 Å². The number of hydrogen-bond acceptors (Lipinski definition) is 3. The number of aromatic nitrogens is 3. The molecule has 128 valence electrons. The van der Waals surface area contributed by atoms with Crippen LogP contribution in [0.2, 0.25) is 0 Å². The summed E-state index contributed by atoms with van der Waals surface area (Å²) in [6, 6.07) is 3.99. The van der Waals surface area contributed by atoms with Gasteiger partial charge in [-0.1, -0.05) is 12.1 Å². The lowest BCUT2D eigenvalue weighted by Gasteiger charge is -2.20. The van der Waals surface area contributed by atoms with Crippen LogP contribution in [-0.2, 0) is 6.54 Å². The smallest absolute Gasteiger partial charge is 0.257 e. The number of carbonyl (C=O) groups is 1. The minimum atomic E-state index is -0.0914. The molecule has 3 aromatic heterocycles. The SMILES string of the molecule is C=CCN(Cc1cn2cc(C)ccc2n1)C(=O)c1cncc(Br)c1I. The third kappa shape index (κ3) is 3.92. The Balaban J connectivity index is 1.90. The van der Waals surface area contributed by atoms with Gasteiger partial charge in [0.25, 0.3) is 5.91 Å². The summed E-state index contributed by atoms with van der Waals surface area (Å²) in [7, 11) is 0. The van der Waals surface area contributed by atoms with E-state index in [0.717, 1.165) is 24.9 Å². The molecule has 3 aromatic rings. The van der Waals surface area contributed by atoms with Crippen LogP contribution in [0.15, 0.2) is 54.0 Å². The average molecular weight is 511 g/mol. The molecule has 0 bridgehead atoms. The third-order valence-corrected chi connectivity index (χ3v) is 6.21. The molecule has 0 radical (unpaired) electrons. The molecule has 0 aromatic carbocycles. The fraction of sp³-hybridized carbons (Fsp3) is 0.167. The van der Waals surface area contributed by atoms with Crippen molar-refractivity contribution in [3.05, 3.63) is 74.4 Å². The Labute approximate surface area is 168 Å². The molecule has 0 spiro atoms. The van der Waals surface area contributed by atoms with Crippen LogP contribution in [0.3, 0.4) is 0 Å². The second-order valence-electron chi connectivity index (χ2n) is 5.66. The molecule has 0 saturated heterocycles. The van der Waals surface area contributed by atoms with Gasteiger partial charge in [-0.25, -0.2) is 4.98 Å². The summed E-state index contributed by atoms with van der Waals surface area (Å²) in [5.41, 5.74) is 3.42. The summed E-state index contributed by atoms with van der Waals surface area (Å²) >= 11 is 5.57. The molecule has 0 unspecified atom stereocenters. The Morgan fingerprint density at radius 2 is 2.20 bits per heavy atom. The molecule has 3 heterocycles. The molecule has 7 heteroatoms. The van der Waals surface area contributed by atoms with Crippen LogP contribution >= 0.6 is 38.5 Å². The molecule has 25 heavy (non-hydrogen) atoms. The van der Waals surface area contributed by atoms with Gasteiger partial charge in [-0.15, -0.1) is 6.58 Å². The van der Waals surface area contributed by atoms with E-state index in [4.69, 9.17) is 0 Å². The van der Waals surface area contributed by atoms with Crippen LogP contribution in [0.1, 0.15) is 21.6 Å². The van der Waals surface area contributed by atoms with Crippen molar-refractivity contribution in [3.8, 4) is 0 Å². The number of rotatable bonds is 5. The van der Waals surface area contributed by atoms with E-state index in [1.807, 2.05) is 35.9 Å². The summed E-state index contributed by atoms with van der Waals surface area (Å²) in [4.78, 5) is 23.4. The minimum Gasteiger partial charge on any atom is -0.329 e. The minimum absolute atomic E-state index is 0.0914. The largest absolute Gasteiger partial charge is 0.329 e. The molecule has 0 aliphatic rings. The van der Waals surface area contributed by atoms with Crippen LogP contribution in [0.25, 0.3) is 5.65 Å². The lowest BCUT2D eigenvalue weighted by Crippen LogP contribution is -2.31. The molecule has 0 fully saturated rings. The van der Waals surface area contributed by atoms with E-state index in [1.165, 1.54) is 0 Å². The van der Waals surface area contributed by atoms with E-state index in [2.05, 4.69) is 55.1 Å². The monoisotopic (exact) mass is 510 g/mol. The van der Waals surface area contributed by atoms with Gasteiger partial charge in [0.05, 0.1) is 17.8 Å². The quantitative estimate of drug-likeness (QED) is 0.381. The molecule has 0 atom stereocenters. The first-order valence-electron chi connectivity index (χ1n) is 7.63. The Bertz CT molecular complexity index is 953. The summed E-state index contributed by atoms with van der Waals surface area (Å²) in [5.74, 6) is -0.0914. The molecule has 0 aliphatic heterocycles.